The zero-order chi connectivity index (χ0) is 46.7. The Labute approximate surface area is 373 Å². The maximum atomic E-state index is 13.8. The van der Waals surface area contributed by atoms with Crippen molar-refractivity contribution in [2.45, 2.75) is 78.1 Å². The maximum Gasteiger partial charge on any atom is 0.544 e. The summed E-state index contributed by atoms with van der Waals surface area (Å²) < 4.78 is 51.5. The third-order valence-corrected chi connectivity index (χ3v) is 11.0. The lowest BCUT2D eigenvalue weighted by Gasteiger charge is -2.40. The van der Waals surface area contributed by atoms with Gasteiger partial charge in [-0.15, -0.1) is 13.2 Å². The van der Waals surface area contributed by atoms with Gasteiger partial charge >= 0.3 is 18.5 Å². The fraction of sp³-hybridized carbons (Fsp3) is 0.432. The highest BCUT2D eigenvalue weighted by Gasteiger charge is 2.42. The van der Waals surface area contributed by atoms with Crippen molar-refractivity contribution in [2.24, 2.45) is 11.8 Å². The second kappa shape index (κ2) is 19.2. The number of pyridine rings is 1. The van der Waals surface area contributed by atoms with Gasteiger partial charge in [0.25, 0.3) is 5.91 Å². The van der Waals surface area contributed by atoms with E-state index in [-0.39, 0.29) is 45.7 Å². The molecule has 0 aliphatic carbocycles. The maximum absolute atomic E-state index is 13.8. The number of rotatable bonds is 10. The quantitative estimate of drug-likeness (QED) is 0.146. The smallest absolute Gasteiger partial charge is 0.453 e. The van der Waals surface area contributed by atoms with Crippen molar-refractivity contribution < 1.29 is 46.7 Å². The SMILES string of the molecule is COC(=O)NC(C(=O)N1C[C@@H](C#N)C[C@H]1c1nc(-c2ccc(-c3ccc(N(OC(F)(F)F)C(=O)c4ccc(N5CCN(C(=O)OC(C)(C)C)CC5C)nc4)c(Cl)c3)cc2)c[nH]1)C(C)C. The number of likely N-dealkylation sites (tertiary alicyclic amines) is 1. The van der Waals surface area contributed by atoms with Crippen LogP contribution in [0.1, 0.15) is 70.2 Å². The number of hydrogen-bond donors (Lipinski definition) is 2. The third kappa shape index (κ3) is 11.0. The number of ether oxygens (including phenoxy) is 2. The predicted octanol–water partition coefficient (Wildman–Crippen LogP) is 8.13. The number of hydrogen-bond acceptors (Lipinski definition) is 11. The molecule has 20 heteroatoms. The monoisotopic (exact) mass is 907 g/mol. The number of amides is 4. The molecule has 2 saturated heterocycles. The first-order chi connectivity index (χ1) is 30.2. The summed E-state index contributed by atoms with van der Waals surface area (Å²) in [4.78, 5) is 73.5. The van der Waals surface area contributed by atoms with E-state index >= 15 is 0 Å². The van der Waals surface area contributed by atoms with Gasteiger partial charge in [-0.3, -0.25) is 9.59 Å². The van der Waals surface area contributed by atoms with Crippen LogP contribution in [0.2, 0.25) is 5.02 Å². The molecule has 2 N–H and O–H groups in total. The van der Waals surface area contributed by atoms with Gasteiger partial charge in [0.2, 0.25) is 5.91 Å². The number of piperazine rings is 1. The van der Waals surface area contributed by atoms with Crippen LogP contribution in [0.25, 0.3) is 22.4 Å². The molecule has 16 nitrogen and oxygen atoms in total. The van der Waals surface area contributed by atoms with Gasteiger partial charge in [-0.2, -0.15) is 15.2 Å². The van der Waals surface area contributed by atoms with E-state index in [0.29, 0.717) is 60.1 Å². The number of carbonyl (C=O) groups is 4. The highest BCUT2D eigenvalue weighted by molar-refractivity contribution is 6.34. The Morgan fingerprint density at radius 2 is 1.69 bits per heavy atom. The van der Waals surface area contributed by atoms with Crippen LogP contribution in [-0.2, 0) is 19.1 Å². The van der Waals surface area contributed by atoms with Gasteiger partial charge in [0.15, 0.2) is 0 Å². The molecule has 4 amide bonds. The van der Waals surface area contributed by atoms with Crippen LogP contribution in [0.15, 0.2) is 67.0 Å². The topological polar surface area (TPSA) is 186 Å². The molecule has 6 rings (SSSR count). The zero-order valence-electron chi connectivity index (χ0n) is 36.3. The van der Waals surface area contributed by atoms with Gasteiger partial charge in [-0.05, 0) is 75.4 Å². The number of carbonyl (C=O) groups excluding carboxylic acids is 4. The number of nitrogens with zero attached hydrogens (tertiary/aromatic N) is 7. The van der Waals surface area contributed by atoms with Crippen LogP contribution in [0, 0.1) is 23.2 Å². The normalized spacial score (nSPS) is 18.4. The van der Waals surface area contributed by atoms with Gasteiger partial charge in [-0.25, -0.2) is 19.6 Å². The molecule has 2 fully saturated rings. The summed E-state index contributed by atoms with van der Waals surface area (Å²) >= 11 is 6.57. The van der Waals surface area contributed by atoms with E-state index in [0.717, 1.165) is 6.20 Å². The summed E-state index contributed by atoms with van der Waals surface area (Å²) in [5.74, 6) is -1.31. The lowest BCUT2D eigenvalue weighted by Crippen LogP contribution is -2.54. The minimum atomic E-state index is -5.25. The molecule has 2 aromatic heterocycles. The summed E-state index contributed by atoms with van der Waals surface area (Å²) in [5.41, 5.74) is 1.21. The zero-order valence-corrected chi connectivity index (χ0v) is 37.0. The van der Waals surface area contributed by atoms with Crippen molar-refractivity contribution in [3.8, 4) is 28.5 Å². The van der Waals surface area contributed by atoms with E-state index < -0.39 is 48.1 Å². The second-order valence-corrected chi connectivity index (χ2v) is 17.3. The standard InChI is InChI=1S/C44H49ClF3N9O7/c1-25(2)37(53-41(60)62-7)40(59)56-24-27(20-49)18-35(56)38-51-22-33(52-38)29-10-8-28(9-11-29)30-12-14-34(32(45)19-30)57(64-44(46,47)48)39(58)31-13-15-36(50-21-31)55-17-16-54(23-26(55)3)42(61)63-43(4,5)6/h8-15,19,21-22,25-27,35,37H,16-18,23-24H2,1-7H3,(H,51,52)(H,53,60)/t26?,27-,35+,37?/m1/s1. The van der Waals surface area contributed by atoms with E-state index in [4.69, 9.17) is 26.1 Å². The fourth-order valence-electron chi connectivity index (χ4n) is 7.54. The molecular formula is C44H49ClF3N9O7. The molecule has 2 aliphatic rings. The number of aromatic amines is 1. The second-order valence-electron chi connectivity index (χ2n) is 16.9. The molecule has 2 unspecified atom stereocenters. The average Bonchev–Trinajstić information content (AvgIpc) is 3.92. The first-order valence-corrected chi connectivity index (χ1v) is 20.8. The van der Waals surface area contributed by atoms with E-state index in [2.05, 4.69) is 26.2 Å². The Hall–Kier alpha value is -6.39. The van der Waals surface area contributed by atoms with Gasteiger partial charge in [0.05, 0.1) is 47.1 Å². The predicted molar refractivity (Wildman–Crippen MR) is 230 cm³/mol. The van der Waals surface area contributed by atoms with E-state index in [1.54, 1.807) is 74.9 Å². The van der Waals surface area contributed by atoms with Crippen LogP contribution in [0.5, 0.6) is 0 Å². The average molecular weight is 908 g/mol. The first-order valence-electron chi connectivity index (χ1n) is 20.5. The number of halogens is 4. The van der Waals surface area contributed by atoms with Crippen LogP contribution < -0.4 is 15.3 Å². The van der Waals surface area contributed by atoms with Crippen molar-refractivity contribution in [2.75, 3.05) is 43.3 Å². The molecule has 0 bridgehead atoms. The third-order valence-electron chi connectivity index (χ3n) is 10.7. The first kappa shape index (κ1) is 47.1. The number of hydroxylamine groups is 1. The number of methoxy groups -OCH3 is 1. The summed E-state index contributed by atoms with van der Waals surface area (Å²) in [6.45, 7) is 12.1. The van der Waals surface area contributed by atoms with E-state index in [9.17, 15) is 37.6 Å². The van der Waals surface area contributed by atoms with Gasteiger partial charge in [0, 0.05) is 50.2 Å². The molecule has 4 atom stereocenters. The minimum Gasteiger partial charge on any atom is -0.453 e. The number of benzene rings is 2. The van der Waals surface area contributed by atoms with Crippen molar-refractivity contribution in [1.82, 2.24) is 30.1 Å². The van der Waals surface area contributed by atoms with Crippen molar-refractivity contribution in [3.63, 3.8) is 0 Å². The summed E-state index contributed by atoms with van der Waals surface area (Å²) in [7, 11) is 1.21. The Morgan fingerprint density at radius 1 is 1.00 bits per heavy atom. The summed E-state index contributed by atoms with van der Waals surface area (Å²) in [5, 5.41) is 12.2. The fourth-order valence-corrected chi connectivity index (χ4v) is 7.80. The number of aromatic nitrogens is 3. The van der Waals surface area contributed by atoms with Gasteiger partial charge < -0.3 is 34.5 Å². The number of nitriles is 1. The number of alkyl carbamates (subject to hydrolysis) is 1. The molecule has 64 heavy (non-hydrogen) atoms. The Morgan fingerprint density at radius 3 is 2.27 bits per heavy atom. The molecule has 340 valence electrons. The Balaban J connectivity index is 1.16. The summed E-state index contributed by atoms with van der Waals surface area (Å²) in [6.07, 6.45) is -3.26. The van der Waals surface area contributed by atoms with Gasteiger partial charge in [-0.1, -0.05) is 55.8 Å². The summed E-state index contributed by atoms with van der Waals surface area (Å²) in [6, 6.07) is 14.7. The van der Waals surface area contributed by atoms with Crippen LogP contribution in [0.3, 0.4) is 0 Å². The molecule has 4 aromatic rings. The lowest BCUT2D eigenvalue weighted by atomic mass is 10.0. The van der Waals surface area contributed by atoms with E-state index in [1.165, 1.54) is 37.4 Å². The molecule has 0 radical (unpaired) electrons. The van der Waals surface area contributed by atoms with Crippen LogP contribution in [0.4, 0.5) is 34.3 Å². The van der Waals surface area contributed by atoms with Crippen molar-refractivity contribution in [3.05, 3.63) is 83.4 Å². The van der Waals surface area contributed by atoms with Crippen molar-refractivity contribution in [1.29, 1.82) is 5.26 Å². The van der Waals surface area contributed by atoms with E-state index in [1.807, 2.05) is 11.8 Å². The molecular weight excluding hydrogens is 859 g/mol. The minimum absolute atomic E-state index is 0.0831. The number of H-pyrrole nitrogens is 1. The van der Waals surface area contributed by atoms with Crippen LogP contribution in [-0.4, -0.2) is 106 Å². The highest BCUT2D eigenvalue weighted by atomic mass is 35.5. The van der Waals surface area contributed by atoms with Crippen molar-refractivity contribution >= 4 is 47.1 Å². The molecule has 2 aromatic carbocycles. The number of alkyl halides is 3. The molecule has 4 heterocycles. The molecule has 0 saturated carbocycles. The molecule has 0 spiro atoms. The van der Waals surface area contributed by atoms with Gasteiger partial charge in [0.1, 0.15) is 23.3 Å². The number of nitrogens with one attached hydrogen (secondary N) is 2. The Bertz CT molecular complexity index is 2380. The highest BCUT2D eigenvalue weighted by Crippen LogP contribution is 2.38. The number of anilines is 2. The number of imidazole rings is 1. The van der Waals surface area contributed by atoms with Crippen LogP contribution >= 0.6 is 11.6 Å². The lowest BCUT2D eigenvalue weighted by molar-refractivity contribution is -0.325. The Kier molecular flexibility index (Phi) is 14.1. The largest absolute Gasteiger partial charge is 0.544 e. The molecule has 2 aliphatic heterocycles.